The third-order valence-corrected chi connectivity index (χ3v) is 8.06. The molecule has 0 fully saturated rings. The van der Waals surface area contributed by atoms with Gasteiger partial charge in [0.15, 0.2) is 4.90 Å². The van der Waals surface area contributed by atoms with Crippen LogP contribution in [0.4, 0.5) is 0 Å². The highest BCUT2D eigenvalue weighted by Gasteiger charge is 2.29. The summed E-state index contributed by atoms with van der Waals surface area (Å²) in [6, 6.07) is 12.3. The number of methoxy groups -OCH3 is 1. The second-order valence-electron chi connectivity index (χ2n) is 9.40. The van der Waals surface area contributed by atoms with Crippen LogP contribution in [0.2, 0.25) is 0 Å². The first-order valence-electron chi connectivity index (χ1n) is 12.4. The van der Waals surface area contributed by atoms with Crippen molar-refractivity contribution in [3.05, 3.63) is 87.9 Å². The van der Waals surface area contributed by atoms with Gasteiger partial charge in [-0.25, -0.2) is 8.42 Å². The molecule has 0 bridgehead atoms. The Balaban J connectivity index is 1.88. The van der Waals surface area contributed by atoms with E-state index in [0.29, 0.717) is 22.3 Å². The maximum Gasteiger partial charge on any atom is 0.292 e. The number of ether oxygens (including phenoxy) is 2. The van der Waals surface area contributed by atoms with Crippen LogP contribution in [-0.4, -0.2) is 53.1 Å². The first kappa shape index (κ1) is 28.7. The lowest BCUT2D eigenvalue weighted by Gasteiger charge is -2.24. The number of nitrogens with one attached hydrogen (secondary N) is 1. The molecule has 208 valence electrons. The number of phenols is 1. The molecular formula is C28H29N5O6S. The van der Waals surface area contributed by atoms with Crippen molar-refractivity contribution in [2.75, 3.05) is 13.7 Å². The number of benzene rings is 2. The van der Waals surface area contributed by atoms with Gasteiger partial charge in [0.25, 0.3) is 5.56 Å². The molecule has 0 saturated heterocycles. The molecule has 0 spiro atoms. The third kappa shape index (κ3) is 5.81. The minimum atomic E-state index is -4.51. The van der Waals surface area contributed by atoms with Gasteiger partial charge in [-0.05, 0) is 56.2 Å². The SMILES string of the molecule is COCC(c1cccc(C#N)c1)n1cc(S(=O)(=O)c2ccc(-c3cn[nH]c3C)cc2O)c(=O)nc1COC(C)C. The van der Waals surface area contributed by atoms with Crippen LogP contribution in [0.25, 0.3) is 11.1 Å². The van der Waals surface area contributed by atoms with Gasteiger partial charge in [-0.2, -0.15) is 15.3 Å². The van der Waals surface area contributed by atoms with E-state index in [-0.39, 0.29) is 25.1 Å². The molecule has 0 saturated carbocycles. The molecule has 4 rings (SSSR count). The van der Waals surface area contributed by atoms with Crippen LogP contribution in [0.3, 0.4) is 0 Å². The Morgan fingerprint density at radius 3 is 2.58 bits per heavy atom. The molecule has 11 nitrogen and oxygen atoms in total. The normalized spacial score (nSPS) is 12.4. The maximum absolute atomic E-state index is 13.7. The van der Waals surface area contributed by atoms with Gasteiger partial charge in [0.05, 0.1) is 36.6 Å². The number of aromatic amines is 1. The lowest BCUT2D eigenvalue weighted by Crippen LogP contribution is -2.29. The van der Waals surface area contributed by atoms with Crippen molar-refractivity contribution in [2.24, 2.45) is 0 Å². The van der Waals surface area contributed by atoms with Gasteiger partial charge in [-0.3, -0.25) is 9.89 Å². The largest absolute Gasteiger partial charge is 0.507 e. The van der Waals surface area contributed by atoms with Crippen molar-refractivity contribution in [2.45, 2.75) is 49.3 Å². The molecule has 1 atom stereocenters. The number of nitrogens with zero attached hydrogens (tertiary/aromatic N) is 4. The van der Waals surface area contributed by atoms with Gasteiger partial charge in [0, 0.05) is 24.6 Å². The lowest BCUT2D eigenvalue weighted by molar-refractivity contribution is 0.0565. The molecule has 40 heavy (non-hydrogen) atoms. The molecule has 1 unspecified atom stereocenters. The number of hydrogen-bond donors (Lipinski definition) is 2. The average Bonchev–Trinajstić information content (AvgIpc) is 3.36. The Morgan fingerprint density at radius 1 is 1.18 bits per heavy atom. The summed E-state index contributed by atoms with van der Waals surface area (Å²) < 4.78 is 40.2. The Kier molecular flexibility index (Phi) is 8.49. The van der Waals surface area contributed by atoms with Crippen LogP contribution in [0.1, 0.15) is 42.5 Å². The van der Waals surface area contributed by atoms with Gasteiger partial charge < -0.3 is 19.1 Å². The molecule has 0 aliphatic rings. The van der Waals surface area contributed by atoms with Crippen molar-refractivity contribution < 1.29 is 23.0 Å². The number of hydrogen-bond acceptors (Lipinski definition) is 9. The Morgan fingerprint density at radius 2 is 1.95 bits per heavy atom. The highest BCUT2D eigenvalue weighted by atomic mass is 32.2. The zero-order valence-electron chi connectivity index (χ0n) is 22.5. The first-order chi connectivity index (χ1) is 19.1. The van der Waals surface area contributed by atoms with Gasteiger partial charge >= 0.3 is 0 Å². The summed E-state index contributed by atoms with van der Waals surface area (Å²) in [6.45, 7) is 5.45. The van der Waals surface area contributed by atoms with Crippen molar-refractivity contribution in [3.8, 4) is 22.9 Å². The van der Waals surface area contributed by atoms with Gasteiger partial charge in [0.2, 0.25) is 9.84 Å². The van der Waals surface area contributed by atoms with Gasteiger partial charge in [0.1, 0.15) is 23.1 Å². The number of phenolic OH excluding ortho intramolecular Hbond substituents is 1. The summed E-state index contributed by atoms with van der Waals surface area (Å²) >= 11 is 0. The number of H-pyrrole nitrogens is 1. The van der Waals surface area contributed by atoms with Crippen molar-refractivity contribution in [3.63, 3.8) is 0 Å². The zero-order valence-corrected chi connectivity index (χ0v) is 23.3. The predicted molar refractivity (Wildman–Crippen MR) is 145 cm³/mol. The standard InChI is InChI=1S/C28H29N5O6S/c1-17(2)39-16-27-31-28(35)26(14-33(27)23(15-38-4)21-7-5-6-19(10-21)12-29)40(36,37)25-9-8-20(11-24(25)34)22-13-30-32-18(22)3/h5-11,13-14,17,23,34H,15-16H2,1-4H3,(H,30,32). The van der Waals surface area contributed by atoms with Gasteiger partial charge in [-0.1, -0.05) is 18.2 Å². The number of aryl methyl sites for hydroxylation is 1. The van der Waals surface area contributed by atoms with Crippen LogP contribution in [-0.2, 0) is 25.9 Å². The fraction of sp³-hybridized carbons (Fsp3) is 0.286. The number of rotatable bonds is 10. The van der Waals surface area contributed by atoms with Crippen LogP contribution in [0, 0.1) is 18.3 Å². The molecule has 0 radical (unpaired) electrons. The molecule has 0 amide bonds. The molecule has 2 aromatic carbocycles. The molecule has 12 heteroatoms. The van der Waals surface area contributed by atoms with E-state index < -0.39 is 37.0 Å². The molecule has 0 aliphatic heterocycles. The summed E-state index contributed by atoms with van der Waals surface area (Å²) in [5, 5.41) is 26.9. The number of aromatic hydroxyl groups is 1. The van der Waals surface area contributed by atoms with Crippen molar-refractivity contribution >= 4 is 9.84 Å². The number of nitriles is 1. The van der Waals surface area contributed by atoms with E-state index in [1.54, 1.807) is 37.4 Å². The fourth-order valence-electron chi connectivity index (χ4n) is 4.27. The lowest BCUT2D eigenvalue weighted by atomic mass is 10.0. The van der Waals surface area contributed by atoms with Crippen molar-refractivity contribution in [1.82, 2.24) is 19.7 Å². The second kappa shape index (κ2) is 11.8. The second-order valence-corrected chi connectivity index (χ2v) is 11.3. The highest BCUT2D eigenvalue weighted by molar-refractivity contribution is 7.91. The van der Waals surface area contributed by atoms with E-state index in [2.05, 4.69) is 21.3 Å². The van der Waals surface area contributed by atoms with Crippen LogP contribution in [0.15, 0.2) is 69.4 Å². The van der Waals surface area contributed by atoms with E-state index >= 15 is 0 Å². The third-order valence-electron chi connectivity index (χ3n) is 6.28. The summed E-state index contributed by atoms with van der Waals surface area (Å²) in [7, 11) is -3.03. The fourth-order valence-corrected chi connectivity index (χ4v) is 5.62. The number of sulfone groups is 1. The predicted octanol–water partition coefficient (Wildman–Crippen LogP) is 3.51. The Labute approximate surface area is 231 Å². The molecule has 0 aliphatic carbocycles. The molecule has 2 heterocycles. The molecular weight excluding hydrogens is 534 g/mol. The monoisotopic (exact) mass is 563 g/mol. The minimum absolute atomic E-state index is 0.0740. The summed E-state index contributed by atoms with van der Waals surface area (Å²) in [5.74, 6) is -0.344. The highest BCUT2D eigenvalue weighted by Crippen LogP contribution is 2.33. The Hall–Kier alpha value is -4.31. The maximum atomic E-state index is 13.7. The van der Waals surface area contributed by atoms with Crippen LogP contribution < -0.4 is 5.56 Å². The van der Waals surface area contributed by atoms with E-state index in [1.165, 1.54) is 36.1 Å². The van der Waals surface area contributed by atoms with E-state index in [0.717, 1.165) is 5.69 Å². The van der Waals surface area contributed by atoms with Crippen molar-refractivity contribution in [1.29, 1.82) is 5.26 Å². The zero-order chi connectivity index (χ0) is 29.0. The minimum Gasteiger partial charge on any atom is -0.507 e. The first-order valence-corrected chi connectivity index (χ1v) is 13.9. The Bertz CT molecular complexity index is 1740. The van der Waals surface area contributed by atoms with Crippen LogP contribution >= 0.6 is 0 Å². The number of aromatic nitrogens is 4. The summed E-state index contributed by atoms with van der Waals surface area (Å²) in [6.07, 6.45) is 2.57. The summed E-state index contributed by atoms with van der Waals surface area (Å²) in [5.41, 5.74) is 2.04. The van der Waals surface area contributed by atoms with E-state index in [4.69, 9.17) is 9.47 Å². The van der Waals surface area contributed by atoms with Crippen LogP contribution in [0.5, 0.6) is 5.75 Å². The molecule has 2 aromatic heterocycles. The molecule has 2 N–H and O–H groups in total. The average molecular weight is 564 g/mol. The van der Waals surface area contributed by atoms with Gasteiger partial charge in [-0.15, -0.1) is 0 Å². The quantitative estimate of drug-likeness (QED) is 0.294. The smallest absolute Gasteiger partial charge is 0.292 e. The molecule has 4 aromatic rings. The summed E-state index contributed by atoms with van der Waals surface area (Å²) in [4.78, 5) is 16.2. The van der Waals surface area contributed by atoms with E-state index in [9.17, 15) is 23.6 Å². The topological polar surface area (TPSA) is 160 Å². The van der Waals surface area contributed by atoms with E-state index in [1.807, 2.05) is 13.8 Å².